The molecule has 1 N–H and O–H groups in total. The second-order valence-electron chi connectivity index (χ2n) is 2.74. The maximum Gasteiger partial charge on any atom is 0.0576 e. The maximum absolute atomic E-state index is 3.31. The molecule has 0 saturated carbocycles. The Kier molecular flexibility index (Phi) is 7.29. The van der Waals surface area contributed by atoms with Crippen LogP contribution in [0.25, 0.3) is 0 Å². The Hall–Kier alpha value is -0.480. The lowest BCUT2D eigenvalue weighted by atomic mass is 10.0. The predicted octanol–water partition coefficient (Wildman–Crippen LogP) is 2.04. The lowest BCUT2D eigenvalue weighted by molar-refractivity contribution is 0.462. The van der Waals surface area contributed by atoms with Crippen molar-refractivity contribution in [1.82, 2.24) is 5.32 Å². The first-order valence-corrected chi connectivity index (χ1v) is 4.45. The molecule has 0 rings (SSSR count). The fourth-order valence-electron chi connectivity index (χ4n) is 1.00. The Morgan fingerprint density at radius 1 is 1.27 bits per heavy atom. The van der Waals surface area contributed by atoms with E-state index in [0.717, 1.165) is 19.0 Å². The van der Waals surface area contributed by atoms with Crippen LogP contribution in [0, 0.1) is 17.8 Å². The fraction of sp³-hybridized carbons (Fsp3) is 0.800. The lowest BCUT2D eigenvalue weighted by Gasteiger charge is -2.10. The normalized spacial score (nSPS) is 9.45. The van der Waals surface area contributed by atoms with E-state index >= 15 is 0 Å². The second kappa shape index (κ2) is 7.63. The Bertz CT molecular complexity index is 126. The first-order chi connectivity index (χ1) is 5.35. The zero-order valence-corrected chi connectivity index (χ0v) is 7.91. The van der Waals surface area contributed by atoms with Crippen molar-refractivity contribution in [2.24, 2.45) is 5.92 Å². The molecule has 0 aliphatic carbocycles. The largest absolute Gasteiger partial charge is 0.306 e. The van der Waals surface area contributed by atoms with Gasteiger partial charge in [0.25, 0.3) is 0 Å². The van der Waals surface area contributed by atoms with Crippen LogP contribution >= 0.6 is 0 Å². The Balaban J connectivity index is 3.25. The van der Waals surface area contributed by atoms with Crippen molar-refractivity contribution in [1.29, 1.82) is 0 Å². The van der Waals surface area contributed by atoms with Gasteiger partial charge in [0.2, 0.25) is 0 Å². The molecular formula is C10H19N. The third-order valence-electron chi connectivity index (χ3n) is 1.98. The average Bonchev–Trinajstić information content (AvgIpc) is 2.05. The molecule has 64 valence electrons. The molecule has 0 atom stereocenters. The van der Waals surface area contributed by atoms with Crippen LogP contribution < -0.4 is 5.32 Å². The molecule has 0 radical (unpaired) electrons. The van der Waals surface area contributed by atoms with Gasteiger partial charge in [-0.25, -0.2) is 0 Å². The lowest BCUT2D eigenvalue weighted by Crippen LogP contribution is -2.22. The predicted molar refractivity (Wildman–Crippen MR) is 50.4 cm³/mol. The highest BCUT2D eigenvalue weighted by atomic mass is 14.8. The quantitative estimate of drug-likeness (QED) is 0.471. The number of hydrogen-bond acceptors (Lipinski definition) is 1. The van der Waals surface area contributed by atoms with Crippen LogP contribution in [0.3, 0.4) is 0 Å². The van der Waals surface area contributed by atoms with Crippen molar-refractivity contribution in [3.63, 3.8) is 0 Å². The molecule has 0 spiro atoms. The van der Waals surface area contributed by atoms with Crippen molar-refractivity contribution in [2.45, 2.75) is 33.6 Å². The van der Waals surface area contributed by atoms with Gasteiger partial charge in [0.05, 0.1) is 6.54 Å². The summed E-state index contributed by atoms with van der Waals surface area (Å²) < 4.78 is 0. The van der Waals surface area contributed by atoms with E-state index in [9.17, 15) is 0 Å². The molecule has 0 aromatic carbocycles. The van der Waals surface area contributed by atoms with Gasteiger partial charge in [-0.2, -0.15) is 0 Å². The van der Waals surface area contributed by atoms with E-state index in [1.165, 1.54) is 12.8 Å². The number of nitrogens with one attached hydrogen (secondary N) is 1. The van der Waals surface area contributed by atoms with Gasteiger partial charge < -0.3 is 5.32 Å². The average molecular weight is 153 g/mol. The summed E-state index contributed by atoms with van der Waals surface area (Å²) in [4.78, 5) is 0. The molecule has 0 aromatic rings. The highest BCUT2D eigenvalue weighted by Gasteiger charge is 2.00. The fourth-order valence-corrected chi connectivity index (χ4v) is 1.00. The summed E-state index contributed by atoms with van der Waals surface area (Å²) in [5, 5.41) is 3.31. The third kappa shape index (κ3) is 5.94. The molecule has 0 amide bonds. The van der Waals surface area contributed by atoms with E-state index in [2.05, 4.69) is 31.0 Å². The first kappa shape index (κ1) is 10.5. The van der Waals surface area contributed by atoms with Gasteiger partial charge in [-0.15, -0.1) is 5.92 Å². The van der Waals surface area contributed by atoms with Crippen LogP contribution in [-0.4, -0.2) is 13.1 Å². The number of rotatable bonds is 5. The molecule has 0 aliphatic rings. The number of hydrogen-bond donors (Lipinski definition) is 1. The molecule has 0 bridgehead atoms. The topological polar surface area (TPSA) is 12.0 Å². The summed E-state index contributed by atoms with van der Waals surface area (Å²) in [6, 6.07) is 0. The summed E-state index contributed by atoms with van der Waals surface area (Å²) in [6.07, 6.45) is 2.53. The van der Waals surface area contributed by atoms with Gasteiger partial charge in [-0.3, -0.25) is 0 Å². The Morgan fingerprint density at radius 2 is 1.91 bits per heavy atom. The van der Waals surface area contributed by atoms with Gasteiger partial charge in [0.15, 0.2) is 0 Å². The SMILES string of the molecule is CC#CCNCC(CC)CC. The monoisotopic (exact) mass is 153 g/mol. The minimum absolute atomic E-state index is 0.827. The van der Waals surface area contributed by atoms with Crippen LogP contribution in [0.15, 0.2) is 0 Å². The van der Waals surface area contributed by atoms with Crippen LogP contribution in [0.1, 0.15) is 33.6 Å². The van der Waals surface area contributed by atoms with Gasteiger partial charge in [-0.05, 0) is 19.4 Å². The van der Waals surface area contributed by atoms with E-state index in [1.54, 1.807) is 0 Å². The Labute approximate surface area is 70.6 Å². The van der Waals surface area contributed by atoms with Crippen molar-refractivity contribution >= 4 is 0 Å². The summed E-state index contributed by atoms with van der Waals surface area (Å²) in [5.41, 5.74) is 0. The zero-order chi connectivity index (χ0) is 8.53. The second-order valence-corrected chi connectivity index (χ2v) is 2.74. The van der Waals surface area contributed by atoms with Crippen molar-refractivity contribution < 1.29 is 0 Å². The minimum Gasteiger partial charge on any atom is -0.306 e. The molecular weight excluding hydrogens is 134 g/mol. The zero-order valence-electron chi connectivity index (χ0n) is 7.91. The van der Waals surface area contributed by atoms with Gasteiger partial charge in [0, 0.05) is 0 Å². The third-order valence-corrected chi connectivity index (χ3v) is 1.98. The molecule has 0 heterocycles. The van der Waals surface area contributed by atoms with E-state index < -0.39 is 0 Å². The molecule has 1 heteroatoms. The van der Waals surface area contributed by atoms with Crippen LogP contribution in [-0.2, 0) is 0 Å². The summed E-state index contributed by atoms with van der Waals surface area (Å²) >= 11 is 0. The van der Waals surface area contributed by atoms with Crippen molar-refractivity contribution in [2.75, 3.05) is 13.1 Å². The molecule has 0 unspecified atom stereocenters. The van der Waals surface area contributed by atoms with Crippen LogP contribution in [0.5, 0.6) is 0 Å². The molecule has 11 heavy (non-hydrogen) atoms. The van der Waals surface area contributed by atoms with E-state index in [0.29, 0.717) is 0 Å². The highest BCUT2D eigenvalue weighted by Crippen LogP contribution is 2.04. The van der Waals surface area contributed by atoms with Gasteiger partial charge >= 0.3 is 0 Å². The van der Waals surface area contributed by atoms with Crippen LogP contribution in [0.2, 0.25) is 0 Å². The summed E-state index contributed by atoms with van der Waals surface area (Å²) in [6.45, 7) is 8.30. The van der Waals surface area contributed by atoms with E-state index in [1.807, 2.05) is 6.92 Å². The summed E-state index contributed by atoms with van der Waals surface area (Å²) in [7, 11) is 0. The van der Waals surface area contributed by atoms with Crippen LogP contribution in [0.4, 0.5) is 0 Å². The first-order valence-electron chi connectivity index (χ1n) is 4.45. The standard InChI is InChI=1S/C10H19N/c1-4-7-8-11-9-10(5-2)6-3/h10-11H,5-6,8-9H2,1-3H3. The van der Waals surface area contributed by atoms with Gasteiger partial charge in [0.1, 0.15) is 0 Å². The van der Waals surface area contributed by atoms with E-state index in [4.69, 9.17) is 0 Å². The molecule has 0 aliphatic heterocycles. The molecule has 0 fully saturated rings. The molecule has 0 aromatic heterocycles. The maximum atomic E-state index is 3.31. The van der Waals surface area contributed by atoms with E-state index in [-0.39, 0.29) is 0 Å². The molecule has 1 nitrogen and oxygen atoms in total. The van der Waals surface area contributed by atoms with Crippen molar-refractivity contribution in [3.8, 4) is 11.8 Å². The summed E-state index contributed by atoms with van der Waals surface area (Å²) in [5.74, 6) is 6.68. The smallest absolute Gasteiger partial charge is 0.0576 e. The Morgan fingerprint density at radius 3 is 2.36 bits per heavy atom. The van der Waals surface area contributed by atoms with Gasteiger partial charge in [-0.1, -0.05) is 32.6 Å². The van der Waals surface area contributed by atoms with Crippen molar-refractivity contribution in [3.05, 3.63) is 0 Å². The molecule has 0 saturated heterocycles. The minimum atomic E-state index is 0.827. The highest BCUT2D eigenvalue weighted by molar-refractivity contribution is 4.96.